The van der Waals surface area contributed by atoms with Crippen LogP contribution >= 0.6 is 0 Å². The third-order valence-electron chi connectivity index (χ3n) is 3.75. The van der Waals surface area contributed by atoms with Gasteiger partial charge in [0, 0.05) is 6.42 Å². The van der Waals surface area contributed by atoms with Crippen molar-refractivity contribution >= 4 is 0 Å². The molecular weight excluding hydrogens is 232 g/mol. The first-order valence-corrected chi connectivity index (χ1v) is 8.23. The molecule has 109 valence electrons. The number of aryl methyl sites for hydroxylation is 1. The molecule has 0 unspecified atom stereocenters. The van der Waals surface area contributed by atoms with Gasteiger partial charge >= 0.3 is 0 Å². The van der Waals surface area contributed by atoms with Crippen molar-refractivity contribution in [2.45, 2.75) is 84.0 Å². The van der Waals surface area contributed by atoms with Gasteiger partial charge in [0.1, 0.15) is 5.76 Å². The Kier molecular flexibility index (Phi) is 10.6. The Labute approximate surface area is 119 Å². The average Bonchev–Trinajstić information content (AvgIpc) is 2.93. The van der Waals surface area contributed by atoms with E-state index in [1.807, 2.05) is 6.07 Å². The molecular formula is C18H31O. The highest BCUT2D eigenvalue weighted by atomic mass is 16.3. The molecule has 0 amide bonds. The Morgan fingerprint density at radius 3 is 1.95 bits per heavy atom. The molecule has 0 bridgehead atoms. The minimum absolute atomic E-state index is 1.11. The van der Waals surface area contributed by atoms with Crippen LogP contribution in [0.25, 0.3) is 0 Å². The van der Waals surface area contributed by atoms with Crippen molar-refractivity contribution in [2.75, 3.05) is 0 Å². The maximum Gasteiger partial charge on any atom is 0.103 e. The third kappa shape index (κ3) is 9.81. The first-order chi connectivity index (χ1) is 9.43. The number of furan rings is 1. The standard InChI is InChI=1S/C18H31O/c1-2-3-4-5-6-7-8-9-10-11-12-13-15-18-16-14-17-19-18/h2,14,16-17H,3-13,15H2,1H3. The van der Waals surface area contributed by atoms with Crippen LogP contribution in [0.2, 0.25) is 0 Å². The first kappa shape index (κ1) is 16.3. The lowest BCUT2D eigenvalue weighted by atomic mass is 10.0. The lowest BCUT2D eigenvalue weighted by molar-refractivity contribution is 0.489. The molecule has 1 rings (SSSR count). The fourth-order valence-electron chi connectivity index (χ4n) is 2.52. The fourth-order valence-corrected chi connectivity index (χ4v) is 2.52. The van der Waals surface area contributed by atoms with Gasteiger partial charge in [-0.15, -0.1) is 0 Å². The van der Waals surface area contributed by atoms with Crippen LogP contribution in [0.4, 0.5) is 0 Å². The molecule has 0 aliphatic carbocycles. The summed E-state index contributed by atoms with van der Waals surface area (Å²) in [6.07, 6.45) is 20.5. The minimum atomic E-state index is 1.11. The maximum atomic E-state index is 5.33. The summed E-state index contributed by atoms with van der Waals surface area (Å²) in [6, 6.07) is 4.06. The van der Waals surface area contributed by atoms with Crippen LogP contribution in [0.5, 0.6) is 0 Å². The average molecular weight is 263 g/mol. The van der Waals surface area contributed by atoms with Crippen LogP contribution in [0.3, 0.4) is 0 Å². The quantitative estimate of drug-likeness (QED) is 0.379. The molecule has 0 saturated heterocycles. The van der Waals surface area contributed by atoms with Crippen LogP contribution in [-0.2, 0) is 6.42 Å². The zero-order chi connectivity index (χ0) is 13.6. The van der Waals surface area contributed by atoms with Crippen molar-refractivity contribution in [3.8, 4) is 0 Å². The smallest absolute Gasteiger partial charge is 0.103 e. The van der Waals surface area contributed by atoms with Gasteiger partial charge in [-0.05, 0) is 25.0 Å². The van der Waals surface area contributed by atoms with E-state index in [0.717, 1.165) is 12.2 Å². The van der Waals surface area contributed by atoms with Crippen LogP contribution in [0.15, 0.2) is 22.8 Å². The number of hydrogen-bond donors (Lipinski definition) is 0. The number of hydrogen-bond acceptors (Lipinski definition) is 1. The van der Waals surface area contributed by atoms with Gasteiger partial charge < -0.3 is 4.42 Å². The van der Waals surface area contributed by atoms with E-state index < -0.39 is 0 Å². The summed E-state index contributed by atoms with van der Waals surface area (Å²) >= 11 is 0. The molecule has 1 heterocycles. The van der Waals surface area contributed by atoms with Gasteiger partial charge in [-0.25, -0.2) is 0 Å². The molecule has 1 aromatic rings. The van der Waals surface area contributed by atoms with Crippen LogP contribution in [0.1, 0.15) is 83.3 Å². The summed E-state index contributed by atoms with van der Waals surface area (Å²) in [5.41, 5.74) is 0. The van der Waals surface area contributed by atoms with E-state index >= 15 is 0 Å². The van der Waals surface area contributed by atoms with Crippen LogP contribution in [-0.4, -0.2) is 0 Å². The van der Waals surface area contributed by atoms with Crippen molar-refractivity contribution in [1.29, 1.82) is 0 Å². The highest BCUT2D eigenvalue weighted by molar-refractivity contribution is 4.97. The molecule has 0 aliphatic heterocycles. The van der Waals surface area contributed by atoms with Crippen molar-refractivity contribution in [1.82, 2.24) is 0 Å². The summed E-state index contributed by atoms with van der Waals surface area (Å²) in [4.78, 5) is 0. The van der Waals surface area contributed by atoms with Gasteiger partial charge in [-0.3, -0.25) is 0 Å². The van der Waals surface area contributed by atoms with Crippen LogP contribution < -0.4 is 0 Å². The van der Waals surface area contributed by atoms with Gasteiger partial charge in [-0.1, -0.05) is 71.1 Å². The molecule has 0 N–H and O–H groups in total. The summed E-state index contributed by atoms with van der Waals surface area (Å²) in [6.45, 7) is 2.16. The highest BCUT2D eigenvalue weighted by Gasteiger charge is 1.96. The highest BCUT2D eigenvalue weighted by Crippen LogP contribution is 2.13. The molecule has 0 atom stereocenters. The fraction of sp³-hybridized carbons (Fsp3) is 0.722. The monoisotopic (exact) mass is 263 g/mol. The molecule has 1 radical (unpaired) electrons. The van der Waals surface area contributed by atoms with Gasteiger partial charge in [0.05, 0.1) is 6.26 Å². The third-order valence-corrected chi connectivity index (χ3v) is 3.75. The molecule has 0 aliphatic rings. The Hall–Kier alpha value is -0.720. The molecule has 1 aromatic heterocycles. The summed E-state index contributed by atoms with van der Waals surface area (Å²) in [7, 11) is 0. The molecule has 1 heteroatoms. The Morgan fingerprint density at radius 1 is 0.842 bits per heavy atom. The van der Waals surface area contributed by atoms with Gasteiger partial charge in [0.25, 0.3) is 0 Å². The first-order valence-electron chi connectivity index (χ1n) is 8.23. The summed E-state index contributed by atoms with van der Waals surface area (Å²) in [5.74, 6) is 1.14. The maximum absolute atomic E-state index is 5.33. The van der Waals surface area contributed by atoms with Crippen molar-refractivity contribution in [2.24, 2.45) is 0 Å². The van der Waals surface area contributed by atoms with E-state index in [2.05, 4.69) is 19.4 Å². The topological polar surface area (TPSA) is 13.1 Å². The second-order valence-electron chi connectivity index (χ2n) is 5.56. The molecule has 19 heavy (non-hydrogen) atoms. The Balaban J connectivity index is 1.72. The second-order valence-corrected chi connectivity index (χ2v) is 5.56. The second kappa shape index (κ2) is 12.3. The van der Waals surface area contributed by atoms with Crippen molar-refractivity contribution in [3.63, 3.8) is 0 Å². The Morgan fingerprint density at radius 2 is 1.42 bits per heavy atom. The van der Waals surface area contributed by atoms with Crippen LogP contribution in [0, 0.1) is 6.42 Å². The molecule has 0 fully saturated rings. The number of rotatable bonds is 13. The van der Waals surface area contributed by atoms with E-state index in [0.29, 0.717) is 0 Å². The molecule has 0 spiro atoms. The normalized spacial score (nSPS) is 11.0. The lowest BCUT2D eigenvalue weighted by Crippen LogP contribution is -1.85. The van der Waals surface area contributed by atoms with Gasteiger partial charge in [0.15, 0.2) is 0 Å². The SMILES string of the molecule is C[CH]CCCCCCCCCCCCc1ccco1. The summed E-state index contributed by atoms with van der Waals surface area (Å²) in [5, 5.41) is 0. The van der Waals surface area contributed by atoms with Crippen molar-refractivity contribution in [3.05, 3.63) is 30.6 Å². The summed E-state index contributed by atoms with van der Waals surface area (Å²) < 4.78 is 5.33. The van der Waals surface area contributed by atoms with Crippen molar-refractivity contribution < 1.29 is 4.42 Å². The van der Waals surface area contributed by atoms with E-state index in [1.165, 1.54) is 70.6 Å². The van der Waals surface area contributed by atoms with E-state index in [9.17, 15) is 0 Å². The predicted molar refractivity (Wildman–Crippen MR) is 83.2 cm³/mol. The van der Waals surface area contributed by atoms with E-state index in [-0.39, 0.29) is 0 Å². The van der Waals surface area contributed by atoms with E-state index in [4.69, 9.17) is 4.42 Å². The van der Waals surface area contributed by atoms with Gasteiger partial charge in [0.2, 0.25) is 0 Å². The number of unbranched alkanes of at least 4 members (excludes halogenated alkanes) is 11. The zero-order valence-corrected chi connectivity index (χ0v) is 12.7. The molecule has 0 saturated carbocycles. The zero-order valence-electron chi connectivity index (χ0n) is 12.7. The van der Waals surface area contributed by atoms with Gasteiger partial charge in [-0.2, -0.15) is 0 Å². The van der Waals surface area contributed by atoms with E-state index in [1.54, 1.807) is 6.26 Å². The molecule has 0 aromatic carbocycles. The predicted octanol–water partition coefficient (Wildman–Crippen LogP) is 6.34. The lowest BCUT2D eigenvalue weighted by Gasteiger charge is -2.02. The minimum Gasteiger partial charge on any atom is -0.469 e. The Bertz CT molecular complexity index is 263. The largest absolute Gasteiger partial charge is 0.469 e. The molecule has 1 nitrogen and oxygen atoms in total.